The van der Waals surface area contributed by atoms with Gasteiger partial charge in [0.2, 0.25) is 0 Å². The lowest BCUT2D eigenvalue weighted by Crippen LogP contribution is -2.54. The van der Waals surface area contributed by atoms with Crippen LogP contribution in [-0.4, -0.2) is 41.2 Å². The van der Waals surface area contributed by atoms with Crippen molar-refractivity contribution in [3.63, 3.8) is 0 Å². The lowest BCUT2D eigenvalue weighted by molar-refractivity contribution is 0.0525. The molecule has 4 bridgehead atoms. The SMILES string of the molecule is C#Cc1nc(C(=O)N2[C@@H](c3ccc(NC45CC6CC(CC4C6)C5)cc3)c3ccc(OC)cc3C[C@@H]2NCCCC)cs1. The number of carbonyl (C=O) groups excluding carboxylic acids is 1. The summed E-state index contributed by atoms with van der Waals surface area (Å²) in [5.41, 5.74) is 5.27. The molecule has 2 unspecified atom stereocenters. The van der Waals surface area contributed by atoms with Crippen LogP contribution in [0.3, 0.4) is 0 Å². The first-order chi connectivity index (χ1) is 20.5. The van der Waals surface area contributed by atoms with Gasteiger partial charge < -0.3 is 15.0 Å². The molecule has 6 nitrogen and oxygen atoms in total. The first kappa shape index (κ1) is 27.5. The third-order valence-electron chi connectivity index (χ3n) is 10.3. The summed E-state index contributed by atoms with van der Waals surface area (Å²) in [4.78, 5) is 20.8. The van der Waals surface area contributed by atoms with Crippen molar-refractivity contribution in [2.75, 3.05) is 19.0 Å². The molecular weight excluding hydrogens is 540 g/mol. The first-order valence-electron chi connectivity index (χ1n) is 15.5. The zero-order valence-electron chi connectivity index (χ0n) is 24.6. The van der Waals surface area contributed by atoms with Crippen LogP contribution in [0.15, 0.2) is 47.8 Å². The molecule has 1 aromatic heterocycles. The van der Waals surface area contributed by atoms with E-state index in [0.717, 1.165) is 54.0 Å². The van der Waals surface area contributed by atoms with E-state index in [9.17, 15) is 4.79 Å². The molecule has 2 N–H and O–H groups in total. The molecule has 4 atom stereocenters. The molecule has 4 fully saturated rings. The Bertz CT molecular complexity index is 1490. The van der Waals surface area contributed by atoms with E-state index in [1.807, 2.05) is 11.0 Å². The van der Waals surface area contributed by atoms with Gasteiger partial charge in [-0.1, -0.05) is 31.5 Å². The zero-order chi connectivity index (χ0) is 28.8. The van der Waals surface area contributed by atoms with Gasteiger partial charge in [-0.3, -0.25) is 10.1 Å². The number of fused-ring (bicyclic) bond motifs is 1. The number of unbranched alkanes of at least 4 members (excludes halogenated alkanes) is 1. The van der Waals surface area contributed by atoms with Crippen LogP contribution < -0.4 is 15.4 Å². The number of terminal acetylenes is 1. The van der Waals surface area contributed by atoms with Crippen LogP contribution in [0.5, 0.6) is 5.75 Å². The van der Waals surface area contributed by atoms with Gasteiger partial charge in [0.1, 0.15) is 11.4 Å². The Labute approximate surface area is 253 Å². The molecule has 42 heavy (non-hydrogen) atoms. The zero-order valence-corrected chi connectivity index (χ0v) is 25.4. The number of carbonyl (C=O) groups is 1. The highest BCUT2D eigenvalue weighted by molar-refractivity contribution is 7.10. The molecule has 1 amide bonds. The van der Waals surface area contributed by atoms with Crippen LogP contribution in [-0.2, 0) is 6.42 Å². The van der Waals surface area contributed by atoms with Crippen LogP contribution in [0.4, 0.5) is 5.69 Å². The molecule has 0 saturated heterocycles. The monoisotopic (exact) mass is 580 g/mol. The third kappa shape index (κ3) is 4.79. The van der Waals surface area contributed by atoms with Gasteiger partial charge in [0, 0.05) is 23.0 Å². The summed E-state index contributed by atoms with van der Waals surface area (Å²) in [5, 5.41) is 10.0. The number of benzene rings is 2. The Morgan fingerprint density at radius 3 is 2.64 bits per heavy atom. The van der Waals surface area contributed by atoms with Crippen LogP contribution in [0.25, 0.3) is 0 Å². The summed E-state index contributed by atoms with van der Waals surface area (Å²) in [5.74, 6) is 5.94. The van der Waals surface area contributed by atoms with E-state index in [2.05, 4.69) is 64.9 Å². The highest BCUT2D eigenvalue weighted by Crippen LogP contribution is 2.61. The number of nitrogens with zero attached hydrogens (tertiary/aromatic N) is 2. The number of thiazole rings is 1. The maximum absolute atomic E-state index is 14.3. The molecular formula is C35H40N4O2S. The van der Waals surface area contributed by atoms with Crippen molar-refractivity contribution in [2.45, 2.75) is 76.0 Å². The minimum atomic E-state index is -0.271. The number of aromatic nitrogens is 1. The van der Waals surface area contributed by atoms with E-state index in [1.54, 1.807) is 12.5 Å². The highest BCUT2D eigenvalue weighted by Gasteiger charge is 2.57. The number of nitrogens with one attached hydrogen (secondary N) is 2. The Balaban J connectivity index is 1.25. The Morgan fingerprint density at radius 2 is 1.95 bits per heavy atom. The fourth-order valence-electron chi connectivity index (χ4n) is 8.61. The van der Waals surface area contributed by atoms with Crippen molar-refractivity contribution >= 4 is 22.9 Å². The minimum Gasteiger partial charge on any atom is -0.497 e. The van der Waals surface area contributed by atoms with Crippen LogP contribution in [0.1, 0.15) is 90.1 Å². The van der Waals surface area contributed by atoms with Gasteiger partial charge in [-0.25, -0.2) is 4.98 Å². The van der Waals surface area contributed by atoms with Gasteiger partial charge in [-0.2, -0.15) is 0 Å². The van der Waals surface area contributed by atoms with Gasteiger partial charge in [-0.05, 0) is 110 Å². The van der Waals surface area contributed by atoms with Crippen molar-refractivity contribution in [3.05, 3.63) is 75.2 Å². The molecule has 2 aromatic carbocycles. The van der Waals surface area contributed by atoms with E-state index in [-0.39, 0.29) is 23.7 Å². The Kier molecular flexibility index (Phi) is 7.24. The number of methoxy groups -OCH3 is 1. The molecule has 4 saturated carbocycles. The number of anilines is 1. The second kappa shape index (κ2) is 11.1. The molecule has 0 spiro atoms. The van der Waals surface area contributed by atoms with Crippen molar-refractivity contribution in [1.29, 1.82) is 0 Å². The Morgan fingerprint density at radius 1 is 1.17 bits per heavy atom. The van der Waals surface area contributed by atoms with Gasteiger partial charge in [0.05, 0.1) is 19.3 Å². The summed E-state index contributed by atoms with van der Waals surface area (Å²) in [6.45, 7) is 3.01. The number of amides is 1. The van der Waals surface area contributed by atoms with Crippen LogP contribution >= 0.6 is 11.3 Å². The van der Waals surface area contributed by atoms with Gasteiger partial charge >= 0.3 is 0 Å². The predicted molar refractivity (Wildman–Crippen MR) is 168 cm³/mol. The van der Waals surface area contributed by atoms with Gasteiger partial charge in [-0.15, -0.1) is 17.8 Å². The molecule has 8 rings (SSSR count). The fourth-order valence-corrected chi connectivity index (χ4v) is 9.21. The largest absolute Gasteiger partial charge is 0.497 e. The molecule has 7 heteroatoms. The quantitative estimate of drug-likeness (QED) is 0.220. The maximum Gasteiger partial charge on any atom is 0.275 e. The molecule has 3 aromatic rings. The van der Waals surface area contributed by atoms with E-state index in [4.69, 9.17) is 11.2 Å². The van der Waals surface area contributed by atoms with E-state index in [0.29, 0.717) is 17.1 Å². The normalized spacial score (nSPS) is 28.9. The topological polar surface area (TPSA) is 66.5 Å². The number of hydrogen-bond acceptors (Lipinski definition) is 6. The predicted octanol–water partition coefficient (Wildman–Crippen LogP) is 6.63. The summed E-state index contributed by atoms with van der Waals surface area (Å²) in [6.07, 6.45) is 15.1. The first-order valence-corrected chi connectivity index (χ1v) is 16.4. The minimum absolute atomic E-state index is 0.103. The van der Waals surface area contributed by atoms with Crippen molar-refractivity contribution in [2.24, 2.45) is 17.8 Å². The average Bonchev–Trinajstić information content (AvgIpc) is 3.65. The number of hydrogen-bond donors (Lipinski definition) is 2. The summed E-state index contributed by atoms with van der Waals surface area (Å²) >= 11 is 1.34. The lowest BCUT2D eigenvalue weighted by atomic mass is 9.80. The van der Waals surface area contributed by atoms with E-state index >= 15 is 0 Å². The lowest BCUT2D eigenvalue weighted by Gasteiger charge is -2.44. The van der Waals surface area contributed by atoms with Crippen LogP contribution in [0, 0.1) is 30.1 Å². The van der Waals surface area contributed by atoms with Crippen molar-refractivity contribution < 1.29 is 9.53 Å². The van der Waals surface area contributed by atoms with Gasteiger partial charge in [0.25, 0.3) is 5.91 Å². The maximum atomic E-state index is 14.3. The Hall–Kier alpha value is -3.34. The number of ether oxygens (including phenoxy) is 1. The standard InChI is InChI=1S/C35H40N4O2S/c1-4-6-13-36-31-18-25-17-28(41-3)11-12-29(25)33(39(31)34(40)30-21-42-32(5-2)37-30)24-7-9-27(10-8-24)38-35-19-22-14-23(20-35)16-26(35)15-22/h2,7-12,17,21-23,26,31,33,36,38H,4,6,13-16,18-20H2,1,3H3/t22?,23?,26?,31-,33+,35?/m1/s1. The highest BCUT2D eigenvalue weighted by atomic mass is 32.1. The van der Waals surface area contributed by atoms with Crippen molar-refractivity contribution in [3.8, 4) is 18.1 Å². The second-order valence-electron chi connectivity index (χ2n) is 12.8. The average molecular weight is 581 g/mol. The summed E-state index contributed by atoms with van der Waals surface area (Å²) < 4.78 is 5.60. The summed E-state index contributed by atoms with van der Waals surface area (Å²) in [7, 11) is 1.70. The summed E-state index contributed by atoms with van der Waals surface area (Å²) in [6, 6.07) is 14.8. The molecule has 1 aliphatic heterocycles. The second-order valence-corrected chi connectivity index (χ2v) is 13.7. The molecule has 218 valence electrons. The smallest absolute Gasteiger partial charge is 0.275 e. The molecule has 4 aliphatic carbocycles. The fraction of sp³-hybridized carbons (Fsp3) is 0.486. The van der Waals surface area contributed by atoms with Crippen molar-refractivity contribution in [1.82, 2.24) is 15.2 Å². The van der Waals surface area contributed by atoms with Crippen LogP contribution in [0.2, 0.25) is 0 Å². The van der Waals surface area contributed by atoms with E-state index < -0.39 is 0 Å². The third-order valence-corrected chi connectivity index (χ3v) is 11.0. The molecule has 2 heterocycles. The van der Waals surface area contributed by atoms with E-state index in [1.165, 1.54) is 54.7 Å². The number of rotatable bonds is 9. The van der Waals surface area contributed by atoms with Gasteiger partial charge in [0.15, 0.2) is 5.01 Å². The molecule has 0 radical (unpaired) electrons. The molecule has 5 aliphatic rings.